The van der Waals surface area contributed by atoms with Crippen molar-refractivity contribution >= 4 is 21.6 Å². The molecule has 0 aliphatic carbocycles. The molecule has 0 bridgehead atoms. The third-order valence-corrected chi connectivity index (χ3v) is 3.56. The number of phenols is 1. The second-order valence-electron chi connectivity index (χ2n) is 4.01. The van der Waals surface area contributed by atoms with Gasteiger partial charge in [0.25, 0.3) is 5.91 Å². The molecule has 0 unspecified atom stereocenters. The molecule has 104 valence electrons. The Morgan fingerprint density at radius 1 is 1.05 bits per heavy atom. The molecule has 4 N–H and O–H groups in total. The van der Waals surface area contributed by atoms with Gasteiger partial charge in [-0.1, -0.05) is 24.3 Å². The van der Waals surface area contributed by atoms with Gasteiger partial charge in [-0.3, -0.25) is 4.79 Å². The number of carbonyl (C=O) groups excluding carboxylic acids is 1. The van der Waals surface area contributed by atoms with E-state index in [1.807, 2.05) is 0 Å². The van der Waals surface area contributed by atoms with Gasteiger partial charge in [0.2, 0.25) is 10.0 Å². The van der Waals surface area contributed by atoms with Gasteiger partial charge in [0.1, 0.15) is 5.75 Å². The first-order valence-electron chi connectivity index (χ1n) is 5.61. The Hall–Kier alpha value is -2.38. The third-order valence-electron chi connectivity index (χ3n) is 2.59. The highest BCUT2D eigenvalue weighted by atomic mass is 32.2. The molecule has 0 saturated heterocycles. The van der Waals surface area contributed by atoms with Crippen LogP contribution in [0.25, 0.3) is 0 Å². The van der Waals surface area contributed by atoms with Crippen molar-refractivity contribution in [1.82, 2.24) is 0 Å². The summed E-state index contributed by atoms with van der Waals surface area (Å²) < 4.78 is 22.9. The molecule has 0 fully saturated rings. The van der Waals surface area contributed by atoms with E-state index in [4.69, 9.17) is 5.14 Å². The highest BCUT2D eigenvalue weighted by Gasteiger charge is 2.19. The first kappa shape index (κ1) is 14.0. The van der Waals surface area contributed by atoms with E-state index in [-0.39, 0.29) is 21.9 Å². The zero-order valence-corrected chi connectivity index (χ0v) is 11.1. The summed E-state index contributed by atoms with van der Waals surface area (Å²) in [5.41, 5.74) is 0.0972. The van der Waals surface area contributed by atoms with Crippen molar-refractivity contribution in [2.45, 2.75) is 4.90 Å². The maximum atomic E-state index is 12.1. The summed E-state index contributed by atoms with van der Waals surface area (Å²) >= 11 is 0. The number of para-hydroxylation sites is 2. The molecular formula is C13H12N2O4S. The van der Waals surface area contributed by atoms with Gasteiger partial charge in [-0.2, -0.15) is 0 Å². The van der Waals surface area contributed by atoms with Crippen LogP contribution in [0.2, 0.25) is 0 Å². The number of sulfonamides is 1. The van der Waals surface area contributed by atoms with Gasteiger partial charge in [-0.05, 0) is 24.3 Å². The van der Waals surface area contributed by atoms with Crippen LogP contribution in [0.15, 0.2) is 53.4 Å². The molecule has 0 aliphatic heterocycles. The van der Waals surface area contributed by atoms with Crippen molar-refractivity contribution < 1.29 is 18.3 Å². The first-order chi connectivity index (χ1) is 9.39. The molecular weight excluding hydrogens is 280 g/mol. The standard InChI is InChI=1S/C13H12N2O4S/c14-20(18,19)12-8-4-1-5-9(12)13(17)15-10-6-2-3-7-11(10)16/h1-8,16H,(H,15,17)(H2,14,18,19). The number of carbonyl (C=O) groups is 1. The minimum Gasteiger partial charge on any atom is -0.506 e. The van der Waals surface area contributed by atoms with E-state index in [9.17, 15) is 18.3 Å². The largest absolute Gasteiger partial charge is 0.506 e. The van der Waals surface area contributed by atoms with Gasteiger partial charge >= 0.3 is 0 Å². The molecule has 0 atom stereocenters. The Morgan fingerprint density at radius 3 is 2.30 bits per heavy atom. The fourth-order valence-corrected chi connectivity index (χ4v) is 2.41. The lowest BCUT2D eigenvalue weighted by Crippen LogP contribution is -2.20. The maximum Gasteiger partial charge on any atom is 0.257 e. The van der Waals surface area contributed by atoms with Crippen LogP contribution in [0.5, 0.6) is 5.75 Å². The predicted molar refractivity (Wildman–Crippen MR) is 73.9 cm³/mol. The third kappa shape index (κ3) is 2.95. The van der Waals surface area contributed by atoms with Gasteiger partial charge in [0, 0.05) is 0 Å². The smallest absolute Gasteiger partial charge is 0.257 e. The molecule has 6 nitrogen and oxygen atoms in total. The molecule has 2 rings (SSSR count). The van der Waals surface area contributed by atoms with Crippen LogP contribution in [0.1, 0.15) is 10.4 Å². The van der Waals surface area contributed by atoms with Gasteiger partial charge in [0.05, 0.1) is 16.1 Å². The summed E-state index contributed by atoms with van der Waals surface area (Å²) in [7, 11) is -4.00. The van der Waals surface area contributed by atoms with E-state index in [0.29, 0.717) is 0 Å². The molecule has 0 radical (unpaired) electrons. The summed E-state index contributed by atoms with van der Waals surface area (Å²) in [5.74, 6) is -0.787. The minimum atomic E-state index is -4.00. The summed E-state index contributed by atoms with van der Waals surface area (Å²) in [4.78, 5) is 11.8. The molecule has 0 aliphatic rings. The number of phenolic OH excluding ortho intramolecular Hbond substituents is 1. The number of benzene rings is 2. The molecule has 7 heteroatoms. The second-order valence-corrected chi connectivity index (χ2v) is 5.54. The predicted octanol–water partition coefficient (Wildman–Crippen LogP) is 1.29. The minimum absolute atomic E-state index is 0.0850. The number of primary sulfonamides is 1. The molecule has 0 saturated carbocycles. The quantitative estimate of drug-likeness (QED) is 0.740. The topological polar surface area (TPSA) is 109 Å². The number of rotatable bonds is 3. The number of hydrogen-bond donors (Lipinski definition) is 3. The van der Waals surface area contributed by atoms with Crippen molar-refractivity contribution in [1.29, 1.82) is 0 Å². The Bertz CT molecular complexity index is 756. The number of aromatic hydroxyl groups is 1. The Labute approximate surface area is 115 Å². The monoisotopic (exact) mass is 292 g/mol. The van der Waals surface area contributed by atoms with Crippen molar-refractivity contribution in [3.05, 3.63) is 54.1 Å². The Balaban J connectivity index is 2.39. The molecule has 0 spiro atoms. The summed E-state index contributed by atoms with van der Waals surface area (Å²) in [5, 5.41) is 17.1. The highest BCUT2D eigenvalue weighted by molar-refractivity contribution is 7.89. The number of hydrogen-bond acceptors (Lipinski definition) is 4. The van der Waals surface area contributed by atoms with Gasteiger partial charge in [-0.15, -0.1) is 0 Å². The van der Waals surface area contributed by atoms with Crippen molar-refractivity contribution in [2.24, 2.45) is 5.14 Å². The first-order valence-corrected chi connectivity index (χ1v) is 7.15. The van der Waals surface area contributed by atoms with Crippen molar-refractivity contribution in [3.8, 4) is 5.75 Å². The van der Waals surface area contributed by atoms with Crippen molar-refractivity contribution in [2.75, 3.05) is 5.32 Å². The van der Waals surface area contributed by atoms with Gasteiger partial charge in [-0.25, -0.2) is 13.6 Å². The molecule has 2 aromatic rings. The zero-order chi connectivity index (χ0) is 14.8. The zero-order valence-electron chi connectivity index (χ0n) is 10.3. The van der Waals surface area contributed by atoms with Crippen LogP contribution >= 0.6 is 0 Å². The second kappa shape index (κ2) is 5.32. The molecule has 0 aromatic heterocycles. The lowest BCUT2D eigenvalue weighted by molar-refractivity contribution is 0.102. The van der Waals surface area contributed by atoms with E-state index in [1.165, 1.54) is 36.4 Å². The fourth-order valence-electron chi connectivity index (χ4n) is 1.67. The molecule has 20 heavy (non-hydrogen) atoms. The van der Waals surface area contributed by atoms with Crippen LogP contribution in [-0.4, -0.2) is 19.4 Å². The number of nitrogens with two attached hydrogens (primary N) is 1. The van der Waals surface area contributed by atoms with Gasteiger partial charge < -0.3 is 10.4 Å². The Kier molecular flexibility index (Phi) is 3.73. The number of nitrogens with one attached hydrogen (secondary N) is 1. The summed E-state index contributed by atoms with van der Waals surface area (Å²) in [6, 6.07) is 11.7. The van der Waals surface area contributed by atoms with E-state index in [2.05, 4.69) is 5.32 Å². The van der Waals surface area contributed by atoms with Crippen LogP contribution in [0, 0.1) is 0 Å². The summed E-state index contributed by atoms with van der Waals surface area (Å²) in [6.07, 6.45) is 0. The fraction of sp³-hybridized carbons (Fsp3) is 0. The Morgan fingerprint density at radius 2 is 1.65 bits per heavy atom. The maximum absolute atomic E-state index is 12.1. The van der Waals surface area contributed by atoms with Crippen molar-refractivity contribution in [3.63, 3.8) is 0 Å². The lowest BCUT2D eigenvalue weighted by atomic mass is 10.2. The SMILES string of the molecule is NS(=O)(=O)c1ccccc1C(=O)Nc1ccccc1O. The van der Waals surface area contributed by atoms with E-state index < -0.39 is 15.9 Å². The van der Waals surface area contributed by atoms with Gasteiger partial charge in [0.15, 0.2) is 0 Å². The average molecular weight is 292 g/mol. The summed E-state index contributed by atoms with van der Waals surface area (Å²) in [6.45, 7) is 0. The van der Waals surface area contributed by atoms with Crippen LogP contribution in [0.3, 0.4) is 0 Å². The van der Waals surface area contributed by atoms with Crippen LogP contribution < -0.4 is 10.5 Å². The highest BCUT2D eigenvalue weighted by Crippen LogP contribution is 2.23. The normalized spacial score (nSPS) is 11.1. The van der Waals surface area contributed by atoms with Crippen LogP contribution in [0.4, 0.5) is 5.69 Å². The van der Waals surface area contributed by atoms with E-state index in [0.717, 1.165) is 0 Å². The number of anilines is 1. The molecule has 0 heterocycles. The molecule has 2 aromatic carbocycles. The lowest BCUT2D eigenvalue weighted by Gasteiger charge is -2.09. The van der Waals surface area contributed by atoms with Crippen LogP contribution in [-0.2, 0) is 10.0 Å². The average Bonchev–Trinajstić information content (AvgIpc) is 2.40. The van der Waals surface area contributed by atoms with E-state index >= 15 is 0 Å². The number of amides is 1. The van der Waals surface area contributed by atoms with E-state index in [1.54, 1.807) is 12.1 Å². The molecule has 1 amide bonds.